The van der Waals surface area contributed by atoms with Gasteiger partial charge in [0, 0.05) is 0 Å². The maximum Gasteiger partial charge on any atom is 0.306 e. The number of nitrogens with one attached hydrogen (secondary N) is 1. The van der Waals surface area contributed by atoms with Gasteiger partial charge in [0.15, 0.2) is 0 Å². The van der Waals surface area contributed by atoms with Crippen molar-refractivity contribution in [2.24, 2.45) is 0 Å². The number of sulfonamides is 1. The number of aryl methyl sites for hydroxylation is 1. The molecule has 0 saturated carbocycles. The lowest BCUT2D eigenvalue weighted by molar-refractivity contribution is -0.142. The Kier molecular flexibility index (Phi) is 5.64. The molecule has 0 saturated heterocycles. The van der Waals surface area contributed by atoms with Crippen molar-refractivity contribution in [3.05, 3.63) is 22.7 Å². The number of halogens is 1. The lowest BCUT2D eigenvalue weighted by atomic mass is 10.2. The first-order valence-corrected chi connectivity index (χ1v) is 8.00. The van der Waals surface area contributed by atoms with Crippen LogP contribution < -0.4 is 10.5 Å². The smallest absolute Gasteiger partial charge is 0.306 e. The summed E-state index contributed by atoms with van der Waals surface area (Å²) in [5.41, 5.74) is 6.97. The number of hydrogen-bond acceptors (Lipinski definition) is 5. The molecule has 0 aliphatic heterocycles. The van der Waals surface area contributed by atoms with Crippen molar-refractivity contribution in [3.63, 3.8) is 0 Å². The number of benzene rings is 1. The molecule has 20 heavy (non-hydrogen) atoms. The lowest BCUT2D eigenvalue weighted by Gasteiger charge is -2.12. The number of anilines is 2. The third-order valence-electron chi connectivity index (χ3n) is 2.49. The van der Waals surface area contributed by atoms with Gasteiger partial charge in [0.25, 0.3) is 0 Å². The molecule has 1 aromatic carbocycles. The Balaban J connectivity index is 2.76. The zero-order chi connectivity index (χ0) is 15.3. The van der Waals surface area contributed by atoms with Crippen LogP contribution in [-0.4, -0.2) is 26.7 Å². The van der Waals surface area contributed by atoms with E-state index in [2.05, 4.69) is 9.46 Å². The van der Waals surface area contributed by atoms with E-state index >= 15 is 0 Å². The largest absolute Gasteiger partial charge is 0.466 e. The molecule has 1 rings (SSSR count). The van der Waals surface area contributed by atoms with Gasteiger partial charge in [-0.25, -0.2) is 8.42 Å². The summed E-state index contributed by atoms with van der Waals surface area (Å²) in [4.78, 5) is 11.2. The van der Waals surface area contributed by atoms with E-state index in [1.54, 1.807) is 19.9 Å². The highest BCUT2D eigenvalue weighted by Crippen LogP contribution is 2.27. The molecule has 3 N–H and O–H groups in total. The minimum Gasteiger partial charge on any atom is -0.466 e. The number of nitrogen functional groups attached to an aromatic ring is 1. The minimum absolute atomic E-state index is 0.203. The van der Waals surface area contributed by atoms with E-state index in [-0.39, 0.29) is 23.8 Å². The molecule has 0 heterocycles. The zero-order valence-electron chi connectivity index (χ0n) is 11.3. The molecule has 8 heteroatoms. The molecule has 0 aromatic heterocycles. The highest BCUT2D eigenvalue weighted by atomic mass is 35.5. The van der Waals surface area contributed by atoms with Gasteiger partial charge in [-0.3, -0.25) is 9.52 Å². The summed E-state index contributed by atoms with van der Waals surface area (Å²) in [6.45, 7) is 3.58. The van der Waals surface area contributed by atoms with Gasteiger partial charge in [0.05, 0.1) is 35.2 Å². The maximum absolute atomic E-state index is 11.9. The van der Waals surface area contributed by atoms with E-state index in [1.807, 2.05) is 0 Å². The molecular weight excluding hydrogens is 304 g/mol. The van der Waals surface area contributed by atoms with Crippen molar-refractivity contribution >= 4 is 39.0 Å². The molecule has 112 valence electrons. The average molecular weight is 321 g/mol. The molecule has 0 spiro atoms. The monoisotopic (exact) mass is 320 g/mol. The van der Waals surface area contributed by atoms with Gasteiger partial charge < -0.3 is 10.5 Å². The highest BCUT2D eigenvalue weighted by molar-refractivity contribution is 7.92. The Morgan fingerprint density at radius 2 is 2.10 bits per heavy atom. The average Bonchev–Trinajstić information content (AvgIpc) is 2.34. The van der Waals surface area contributed by atoms with Crippen molar-refractivity contribution in [3.8, 4) is 0 Å². The van der Waals surface area contributed by atoms with E-state index in [0.29, 0.717) is 16.9 Å². The quantitative estimate of drug-likeness (QED) is 0.616. The van der Waals surface area contributed by atoms with Crippen LogP contribution in [-0.2, 0) is 19.6 Å². The maximum atomic E-state index is 11.9. The van der Waals surface area contributed by atoms with Gasteiger partial charge >= 0.3 is 5.97 Å². The molecule has 0 fully saturated rings. The second-order valence-corrected chi connectivity index (χ2v) is 6.41. The summed E-state index contributed by atoms with van der Waals surface area (Å²) in [6.07, 6.45) is -0.203. The van der Waals surface area contributed by atoms with Crippen LogP contribution in [0.3, 0.4) is 0 Å². The van der Waals surface area contributed by atoms with Gasteiger partial charge in [0.2, 0.25) is 10.0 Å². The number of nitrogens with two attached hydrogens (primary N) is 1. The molecule has 0 unspecified atom stereocenters. The lowest BCUT2D eigenvalue weighted by Crippen LogP contribution is -2.20. The molecule has 0 radical (unpaired) electrons. The van der Waals surface area contributed by atoms with Gasteiger partial charge in [0.1, 0.15) is 0 Å². The highest BCUT2D eigenvalue weighted by Gasteiger charge is 2.16. The predicted octanol–water partition coefficient (Wildman–Crippen LogP) is 1.93. The number of ether oxygens (including phenoxy) is 1. The summed E-state index contributed by atoms with van der Waals surface area (Å²) in [5, 5.41) is 0.263. The van der Waals surface area contributed by atoms with E-state index in [1.165, 1.54) is 6.07 Å². The fourth-order valence-corrected chi connectivity index (χ4v) is 2.74. The number of carbonyl (C=O) groups excluding carboxylic acids is 1. The fourth-order valence-electron chi connectivity index (χ4n) is 1.48. The molecule has 0 aliphatic carbocycles. The second kappa shape index (κ2) is 6.81. The van der Waals surface area contributed by atoms with Crippen LogP contribution in [0, 0.1) is 6.92 Å². The molecule has 6 nitrogen and oxygen atoms in total. The summed E-state index contributed by atoms with van der Waals surface area (Å²) >= 11 is 5.85. The second-order valence-electron chi connectivity index (χ2n) is 4.16. The summed E-state index contributed by atoms with van der Waals surface area (Å²) in [7, 11) is -3.65. The van der Waals surface area contributed by atoms with Gasteiger partial charge in [-0.2, -0.15) is 0 Å². The molecule has 0 bridgehead atoms. The van der Waals surface area contributed by atoms with Crippen LogP contribution in [0.25, 0.3) is 0 Å². The van der Waals surface area contributed by atoms with Gasteiger partial charge in [-0.05, 0) is 31.5 Å². The topological polar surface area (TPSA) is 98.5 Å². The van der Waals surface area contributed by atoms with E-state index in [9.17, 15) is 13.2 Å². The van der Waals surface area contributed by atoms with Gasteiger partial charge in [-0.15, -0.1) is 0 Å². The SMILES string of the molecule is CCOC(=O)CCS(=O)(=O)Nc1cc(Cl)c(N)cc1C. The van der Waals surface area contributed by atoms with Crippen LogP contribution in [0.2, 0.25) is 5.02 Å². The Bertz CT molecular complexity index is 602. The Morgan fingerprint density at radius 1 is 1.45 bits per heavy atom. The fraction of sp³-hybridized carbons (Fsp3) is 0.417. The van der Waals surface area contributed by atoms with Crippen LogP contribution in [0.5, 0.6) is 0 Å². The Morgan fingerprint density at radius 3 is 2.70 bits per heavy atom. The van der Waals surface area contributed by atoms with Gasteiger partial charge in [-0.1, -0.05) is 11.6 Å². The first kappa shape index (κ1) is 16.6. The van der Waals surface area contributed by atoms with Crippen molar-refractivity contribution in [1.82, 2.24) is 0 Å². The standard InChI is InChI=1S/C12H17ClN2O4S/c1-3-19-12(16)4-5-20(17,18)15-11-7-9(13)10(14)6-8(11)2/h6-7,15H,3-5,14H2,1-2H3. The minimum atomic E-state index is -3.65. The number of hydrogen-bond donors (Lipinski definition) is 2. The summed E-state index contributed by atoms with van der Waals surface area (Å²) < 4.78 is 30.8. The Hall–Kier alpha value is -1.47. The van der Waals surface area contributed by atoms with E-state index in [0.717, 1.165) is 0 Å². The van der Waals surface area contributed by atoms with Crippen LogP contribution in [0.4, 0.5) is 11.4 Å². The first-order chi connectivity index (χ1) is 9.25. The Labute approximate surface area is 123 Å². The summed E-state index contributed by atoms with van der Waals surface area (Å²) in [5.74, 6) is -0.905. The van der Waals surface area contributed by atoms with E-state index < -0.39 is 16.0 Å². The van der Waals surface area contributed by atoms with Crippen LogP contribution in [0.1, 0.15) is 18.9 Å². The molecule has 0 amide bonds. The van der Waals surface area contributed by atoms with Crippen molar-refractivity contribution < 1.29 is 17.9 Å². The van der Waals surface area contributed by atoms with Crippen molar-refractivity contribution in [2.75, 3.05) is 22.8 Å². The predicted molar refractivity (Wildman–Crippen MR) is 79.3 cm³/mol. The summed E-state index contributed by atoms with van der Waals surface area (Å²) in [6, 6.07) is 3.01. The van der Waals surface area contributed by atoms with Crippen molar-refractivity contribution in [1.29, 1.82) is 0 Å². The third-order valence-corrected chi connectivity index (χ3v) is 4.09. The first-order valence-electron chi connectivity index (χ1n) is 5.97. The normalized spacial score (nSPS) is 11.2. The zero-order valence-corrected chi connectivity index (χ0v) is 12.8. The van der Waals surface area contributed by atoms with Crippen molar-refractivity contribution in [2.45, 2.75) is 20.3 Å². The van der Waals surface area contributed by atoms with Crippen LogP contribution in [0.15, 0.2) is 12.1 Å². The molecule has 0 atom stereocenters. The number of carbonyl (C=O) groups is 1. The number of rotatable bonds is 6. The molecular formula is C12H17ClN2O4S. The van der Waals surface area contributed by atoms with Crippen LogP contribution >= 0.6 is 11.6 Å². The third kappa shape index (κ3) is 4.90. The molecule has 0 aliphatic rings. The molecule has 1 aromatic rings. The number of esters is 1. The van der Waals surface area contributed by atoms with E-state index in [4.69, 9.17) is 17.3 Å².